The van der Waals surface area contributed by atoms with Crippen LogP contribution in [-0.2, 0) is 16.0 Å². The monoisotopic (exact) mass is 443 g/mol. The number of fused-ring (bicyclic) bond motifs is 2. The van der Waals surface area contributed by atoms with E-state index in [1.54, 1.807) is 6.21 Å². The van der Waals surface area contributed by atoms with Gasteiger partial charge in [0, 0.05) is 33.6 Å². The molecule has 5 nitrogen and oxygen atoms in total. The zero-order valence-corrected chi connectivity index (χ0v) is 18.1. The van der Waals surface area contributed by atoms with E-state index in [9.17, 15) is 9.59 Å². The van der Waals surface area contributed by atoms with Gasteiger partial charge in [-0.25, -0.2) is 0 Å². The molecule has 4 aliphatic rings. The number of carbonyl (C=O) groups excluding carboxylic acids is 2. The molecule has 2 heterocycles. The summed E-state index contributed by atoms with van der Waals surface area (Å²) < 4.78 is 0. The Morgan fingerprint density at radius 1 is 0.969 bits per heavy atom. The fraction of sp³-hybridized carbons (Fsp3) is 0.269. The van der Waals surface area contributed by atoms with Crippen LogP contribution < -0.4 is 0 Å². The molecule has 2 bridgehead atoms. The number of imide groups is 1. The summed E-state index contributed by atoms with van der Waals surface area (Å²) >= 11 is 6.03. The first kappa shape index (κ1) is 19.5. The highest BCUT2D eigenvalue weighted by Crippen LogP contribution is 2.49. The van der Waals surface area contributed by atoms with Crippen molar-refractivity contribution in [2.45, 2.75) is 19.3 Å². The lowest BCUT2D eigenvalue weighted by Crippen LogP contribution is -2.38. The van der Waals surface area contributed by atoms with E-state index >= 15 is 0 Å². The van der Waals surface area contributed by atoms with Crippen LogP contribution in [0.3, 0.4) is 0 Å². The molecule has 7 rings (SSSR count). The number of benzene rings is 2. The third-order valence-corrected chi connectivity index (χ3v) is 7.41. The molecule has 6 heteroatoms. The van der Waals surface area contributed by atoms with Gasteiger partial charge in [0.1, 0.15) is 0 Å². The van der Waals surface area contributed by atoms with E-state index in [1.807, 2.05) is 48.5 Å². The van der Waals surface area contributed by atoms with Gasteiger partial charge in [-0.15, -0.1) is 0 Å². The lowest BCUT2D eigenvalue weighted by Gasteiger charge is -2.37. The molecule has 1 saturated heterocycles. The standard InChI is InChI=1S/C26H22ClN3O2/c27-18-11-5-15(6-12-18)13-22-20(19-3-1-2-4-21(19)29-22)14-28-30-25(31)23-16-7-8-17(10-9-16)24(23)26(30)32/h1-8,11-12,14,16-17,23-24,29H,9-10,13H2/b28-14-/t16-,17-,23-,24+/m0/s1. The molecule has 0 radical (unpaired) electrons. The average Bonchev–Trinajstić information content (AvgIpc) is 3.30. The highest BCUT2D eigenvalue weighted by molar-refractivity contribution is 6.30. The smallest absolute Gasteiger partial charge is 0.254 e. The number of allylic oxidation sites excluding steroid dienone is 2. The number of carbonyl (C=O) groups is 2. The van der Waals surface area contributed by atoms with Crippen molar-refractivity contribution < 1.29 is 9.59 Å². The van der Waals surface area contributed by atoms with Crippen LogP contribution in [0.15, 0.2) is 65.8 Å². The Hall–Kier alpha value is -3.18. The average molecular weight is 444 g/mol. The molecule has 0 unspecified atom stereocenters. The van der Waals surface area contributed by atoms with Gasteiger partial charge in [-0.2, -0.15) is 10.1 Å². The second-order valence-electron chi connectivity index (χ2n) is 8.94. The first-order valence-electron chi connectivity index (χ1n) is 11.0. The van der Waals surface area contributed by atoms with Crippen molar-refractivity contribution in [1.29, 1.82) is 0 Å². The molecule has 4 atom stereocenters. The number of hydrazone groups is 1. The largest absolute Gasteiger partial charge is 0.358 e. The van der Waals surface area contributed by atoms with Crippen LogP contribution in [0.25, 0.3) is 10.9 Å². The predicted molar refractivity (Wildman–Crippen MR) is 124 cm³/mol. The quantitative estimate of drug-likeness (QED) is 0.352. The Morgan fingerprint density at radius 3 is 2.28 bits per heavy atom. The number of nitrogens with one attached hydrogen (secondary N) is 1. The van der Waals surface area contributed by atoms with E-state index in [2.05, 4.69) is 22.2 Å². The molecule has 0 spiro atoms. The fourth-order valence-electron chi connectivity index (χ4n) is 5.60. The molecule has 2 aromatic carbocycles. The SMILES string of the molecule is O=C1[C@@H]2[C@H](C(=O)N1/N=C\c1c(Cc3ccc(Cl)cc3)[nH]c3ccccc13)[C@H]1C=C[C@H]2CC1. The number of H-pyrrole nitrogens is 1. The molecule has 1 aromatic heterocycles. The summed E-state index contributed by atoms with van der Waals surface area (Å²) in [6.07, 6.45) is 8.54. The van der Waals surface area contributed by atoms with Gasteiger partial charge >= 0.3 is 0 Å². The number of hydrogen-bond donors (Lipinski definition) is 1. The third-order valence-electron chi connectivity index (χ3n) is 7.16. The number of para-hydroxylation sites is 1. The molecular weight excluding hydrogens is 422 g/mol. The van der Waals surface area contributed by atoms with Crippen LogP contribution in [0.2, 0.25) is 5.02 Å². The van der Waals surface area contributed by atoms with Crippen molar-refractivity contribution in [1.82, 2.24) is 9.99 Å². The number of aromatic nitrogens is 1. The summed E-state index contributed by atoms with van der Waals surface area (Å²) in [5.74, 6) is -0.492. The van der Waals surface area contributed by atoms with Crippen LogP contribution >= 0.6 is 11.6 Å². The zero-order chi connectivity index (χ0) is 21.8. The predicted octanol–water partition coefficient (Wildman–Crippen LogP) is 4.94. The normalized spacial score (nSPS) is 26.6. The van der Waals surface area contributed by atoms with Gasteiger partial charge in [0.2, 0.25) is 0 Å². The number of hydrogen-bond acceptors (Lipinski definition) is 3. The van der Waals surface area contributed by atoms with Gasteiger partial charge in [0.05, 0.1) is 18.1 Å². The van der Waals surface area contributed by atoms with E-state index < -0.39 is 0 Å². The van der Waals surface area contributed by atoms with Crippen LogP contribution in [0, 0.1) is 23.7 Å². The number of amides is 2. The van der Waals surface area contributed by atoms with Gasteiger partial charge in [-0.05, 0) is 48.4 Å². The molecule has 3 aromatic rings. The zero-order valence-electron chi connectivity index (χ0n) is 17.4. The highest BCUT2D eigenvalue weighted by atomic mass is 35.5. The highest BCUT2D eigenvalue weighted by Gasteiger charge is 2.56. The van der Waals surface area contributed by atoms with Gasteiger partial charge in [-0.1, -0.05) is 54.1 Å². The Labute approximate surface area is 190 Å². The minimum Gasteiger partial charge on any atom is -0.358 e. The maximum atomic E-state index is 13.1. The Kier molecular flexibility index (Phi) is 4.54. The fourth-order valence-corrected chi connectivity index (χ4v) is 5.73. The van der Waals surface area contributed by atoms with Crippen molar-refractivity contribution in [3.63, 3.8) is 0 Å². The summed E-state index contributed by atoms with van der Waals surface area (Å²) in [5, 5.41) is 7.29. The molecule has 160 valence electrons. The molecule has 1 saturated carbocycles. The Bertz CT molecular complexity index is 1260. The lowest BCUT2D eigenvalue weighted by atomic mass is 9.63. The topological polar surface area (TPSA) is 65.5 Å². The third kappa shape index (κ3) is 3.03. The van der Waals surface area contributed by atoms with Crippen LogP contribution in [-0.4, -0.2) is 28.0 Å². The van der Waals surface area contributed by atoms with Gasteiger partial charge < -0.3 is 4.98 Å². The van der Waals surface area contributed by atoms with E-state index in [0.29, 0.717) is 11.4 Å². The molecule has 1 aliphatic heterocycles. The minimum absolute atomic E-state index is 0.158. The summed E-state index contributed by atoms with van der Waals surface area (Å²) in [7, 11) is 0. The van der Waals surface area contributed by atoms with Crippen LogP contribution in [0.4, 0.5) is 0 Å². The van der Waals surface area contributed by atoms with Crippen molar-refractivity contribution in [2.24, 2.45) is 28.8 Å². The summed E-state index contributed by atoms with van der Waals surface area (Å²) in [5.41, 5.74) is 3.98. The summed E-state index contributed by atoms with van der Waals surface area (Å²) in [4.78, 5) is 29.7. The van der Waals surface area contributed by atoms with Crippen molar-refractivity contribution in [2.75, 3.05) is 0 Å². The van der Waals surface area contributed by atoms with E-state index in [0.717, 1.165) is 45.6 Å². The number of halogens is 1. The summed E-state index contributed by atoms with van der Waals surface area (Å²) in [6, 6.07) is 15.7. The van der Waals surface area contributed by atoms with E-state index in [-0.39, 0.29) is 35.5 Å². The van der Waals surface area contributed by atoms with Crippen molar-refractivity contribution >= 4 is 40.5 Å². The van der Waals surface area contributed by atoms with Gasteiger partial charge in [-0.3, -0.25) is 9.59 Å². The van der Waals surface area contributed by atoms with Crippen LogP contribution in [0.1, 0.15) is 29.7 Å². The first-order valence-corrected chi connectivity index (χ1v) is 11.4. The molecule has 1 N–H and O–H groups in total. The molecule has 3 aliphatic carbocycles. The summed E-state index contributed by atoms with van der Waals surface area (Å²) in [6.45, 7) is 0. The van der Waals surface area contributed by atoms with E-state index in [4.69, 9.17) is 11.6 Å². The Balaban J connectivity index is 1.35. The van der Waals surface area contributed by atoms with Crippen molar-refractivity contribution in [3.05, 3.63) is 82.5 Å². The lowest BCUT2D eigenvalue weighted by molar-refractivity contribution is -0.140. The second-order valence-corrected chi connectivity index (χ2v) is 9.38. The number of rotatable bonds is 4. The minimum atomic E-state index is -0.250. The molecule has 32 heavy (non-hydrogen) atoms. The maximum Gasteiger partial charge on any atom is 0.254 e. The van der Waals surface area contributed by atoms with Crippen molar-refractivity contribution in [3.8, 4) is 0 Å². The molecular formula is C26H22ClN3O2. The number of nitrogens with zero attached hydrogens (tertiary/aromatic N) is 2. The van der Waals surface area contributed by atoms with Crippen LogP contribution in [0.5, 0.6) is 0 Å². The first-order chi connectivity index (χ1) is 15.6. The number of aromatic amines is 1. The second kappa shape index (κ2) is 7.45. The molecule has 2 fully saturated rings. The Morgan fingerprint density at radius 2 is 1.62 bits per heavy atom. The van der Waals surface area contributed by atoms with Gasteiger partial charge in [0.25, 0.3) is 11.8 Å². The molecule has 2 amide bonds. The maximum absolute atomic E-state index is 13.1. The van der Waals surface area contributed by atoms with E-state index in [1.165, 1.54) is 0 Å². The van der Waals surface area contributed by atoms with Gasteiger partial charge in [0.15, 0.2) is 0 Å².